The number of carbonyl (C=O) groups excluding carboxylic acids is 1. The number of carbonyl (C=O) groups is 1. The van der Waals surface area contributed by atoms with E-state index in [0.717, 1.165) is 30.6 Å². The fourth-order valence-corrected chi connectivity index (χ4v) is 6.55. The summed E-state index contributed by atoms with van der Waals surface area (Å²) >= 11 is 0. The Labute approximate surface area is 128 Å². The van der Waals surface area contributed by atoms with Crippen molar-refractivity contribution in [2.45, 2.75) is 49.2 Å². The molecule has 0 aromatic heterocycles. The number of ether oxygens (including phenoxy) is 2. The summed E-state index contributed by atoms with van der Waals surface area (Å²) in [5, 5.41) is 11.6. The number of aliphatic hydroxyl groups is 1. The van der Waals surface area contributed by atoms with Gasteiger partial charge in [0.05, 0.1) is 18.1 Å². The van der Waals surface area contributed by atoms with Crippen molar-refractivity contribution in [3.63, 3.8) is 0 Å². The lowest BCUT2D eigenvalue weighted by molar-refractivity contribution is -0.149. The monoisotopic (exact) mass is 298 g/mol. The van der Waals surface area contributed by atoms with E-state index in [2.05, 4.69) is 6.07 Å². The molecule has 114 valence electrons. The maximum atomic E-state index is 12.6. The van der Waals surface area contributed by atoms with Gasteiger partial charge in [0.1, 0.15) is 0 Å². The zero-order valence-electron chi connectivity index (χ0n) is 12.5. The molecule has 1 aromatic rings. The Balaban J connectivity index is 1.73. The molecule has 22 heavy (non-hydrogen) atoms. The zero-order valence-corrected chi connectivity index (χ0v) is 12.5. The van der Waals surface area contributed by atoms with E-state index in [1.807, 2.05) is 6.07 Å². The number of fused-ring (bicyclic) bond motifs is 1. The lowest BCUT2D eigenvalue weighted by atomic mass is 9.55. The van der Waals surface area contributed by atoms with E-state index in [1.54, 1.807) is 7.11 Å². The van der Waals surface area contributed by atoms with Gasteiger partial charge >= 0.3 is 0 Å². The molecule has 3 unspecified atom stereocenters. The van der Waals surface area contributed by atoms with Crippen LogP contribution in [0.25, 0.3) is 0 Å². The average Bonchev–Trinajstić information content (AvgIpc) is 3.01. The SMILES string of the molecule is COc1ccc2c3c1OC1C(=O)CC[C@@]4(O)[C@@H]5CC5(C2)CC314. The Kier molecular flexibility index (Phi) is 1.67. The first-order valence-corrected chi connectivity index (χ1v) is 8.18. The average molecular weight is 298 g/mol. The molecule has 3 fully saturated rings. The van der Waals surface area contributed by atoms with Crippen LogP contribution in [0.2, 0.25) is 0 Å². The van der Waals surface area contributed by atoms with E-state index in [4.69, 9.17) is 9.47 Å². The highest BCUT2D eigenvalue weighted by molar-refractivity contribution is 5.90. The number of hydrogen-bond donors (Lipinski definition) is 1. The Morgan fingerprint density at radius 2 is 2.27 bits per heavy atom. The molecule has 0 radical (unpaired) electrons. The molecule has 1 N–H and O–H groups in total. The molecule has 4 nitrogen and oxygen atoms in total. The first kappa shape index (κ1) is 11.9. The predicted molar refractivity (Wildman–Crippen MR) is 77.1 cm³/mol. The van der Waals surface area contributed by atoms with Gasteiger partial charge in [0.15, 0.2) is 23.4 Å². The van der Waals surface area contributed by atoms with Crippen molar-refractivity contribution in [2.24, 2.45) is 11.3 Å². The van der Waals surface area contributed by atoms with Gasteiger partial charge in [0, 0.05) is 12.0 Å². The number of benzene rings is 1. The molecule has 5 aliphatic rings. The summed E-state index contributed by atoms with van der Waals surface area (Å²) in [4.78, 5) is 12.6. The predicted octanol–water partition coefficient (Wildman–Crippen LogP) is 1.75. The van der Waals surface area contributed by atoms with Gasteiger partial charge < -0.3 is 14.6 Å². The van der Waals surface area contributed by atoms with Gasteiger partial charge in [-0.1, -0.05) is 6.07 Å². The molecule has 1 heterocycles. The highest BCUT2D eigenvalue weighted by Crippen LogP contribution is 2.82. The van der Waals surface area contributed by atoms with Crippen molar-refractivity contribution in [3.8, 4) is 11.5 Å². The van der Waals surface area contributed by atoms with Crippen molar-refractivity contribution in [1.29, 1.82) is 0 Å². The summed E-state index contributed by atoms with van der Waals surface area (Å²) in [6.07, 6.45) is 3.53. The van der Waals surface area contributed by atoms with Crippen LogP contribution in [0.1, 0.15) is 36.8 Å². The van der Waals surface area contributed by atoms with Crippen LogP contribution in [0, 0.1) is 11.3 Å². The highest BCUT2D eigenvalue weighted by Gasteiger charge is 2.85. The van der Waals surface area contributed by atoms with Gasteiger partial charge in [-0.05, 0) is 48.6 Å². The second-order valence-corrected chi connectivity index (χ2v) is 7.96. The van der Waals surface area contributed by atoms with E-state index in [-0.39, 0.29) is 11.2 Å². The molecule has 1 aliphatic heterocycles. The molecule has 5 atom stereocenters. The Morgan fingerprint density at radius 1 is 1.41 bits per heavy atom. The molecule has 3 saturated carbocycles. The van der Waals surface area contributed by atoms with Gasteiger partial charge in [-0.25, -0.2) is 0 Å². The molecule has 1 aromatic carbocycles. The zero-order chi connectivity index (χ0) is 14.9. The van der Waals surface area contributed by atoms with Crippen LogP contribution in [0.3, 0.4) is 0 Å². The lowest BCUT2D eigenvalue weighted by Gasteiger charge is -2.49. The van der Waals surface area contributed by atoms with Crippen molar-refractivity contribution >= 4 is 5.78 Å². The van der Waals surface area contributed by atoms with E-state index >= 15 is 0 Å². The normalized spacial score (nSPS) is 48.5. The molecule has 2 spiro atoms. The van der Waals surface area contributed by atoms with Gasteiger partial charge in [0.25, 0.3) is 0 Å². The lowest BCUT2D eigenvalue weighted by Crippen LogP contribution is -2.62. The molecule has 4 heteroatoms. The second kappa shape index (κ2) is 3.07. The number of Topliss-reactive ketones (excluding diaryl/α,β-unsaturated/α-hetero) is 1. The Morgan fingerprint density at radius 3 is 3.09 bits per heavy atom. The van der Waals surface area contributed by atoms with Crippen LogP contribution in [-0.2, 0) is 16.6 Å². The van der Waals surface area contributed by atoms with Crippen LogP contribution in [0.4, 0.5) is 0 Å². The first-order valence-electron chi connectivity index (χ1n) is 8.18. The van der Waals surface area contributed by atoms with E-state index in [0.29, 0.717) is 24.5 Å². The minimum Gasteiger partial charge on any atom is -0.493 e. The number of rotatable bonds is 1. The molecule has 0 saturated heterocycles. The molecule has 0 amide bonds. The minimum atomic E-state index is -0.769. The fraction of sp³-hybridized carbons (Fsp3) is 0.611. The van der Waals surface area contributed by atoms with Crippen LogP contribution in [0.15, 0.2) is 12.1 Å². The third-order valence-electron chi connectivity index (χ3n) is 7.31. The van der Waals surface area contributed by atoms with Crippen LogP contribution in [0.5, 0.6) is 11.5 Å². The van der Waals surface area contributed by atoms with E-state index < -0.39 is 17.1 Å². The molecule has 2 bridgehead atoms. The number of ketones is 1. The van der Waals surface area contributed by atoms with Crippen LogP contribution < -0.4 is 9.47 Å². The molecular formula is C18H18O4. The summed E-state index contributed by atoms with van der Waals surface area (Å²) in [6.45, 7) is 0. The van der Waals surface area contributed by atoms with Gasteiger partial charge in [-0.2, -0.15) is 0 Å². The summed E-state index contributed by atoms with van der Waals surface area (Å²) in [5.74, 6) is 1.89. The Bertz CT molecular complexity index is 771. The summed E-state index contributed by atoms with van der Waals surface area (Å²) in [5.41, 5.74) is 1.28. The topological polar surface area (TPSA) is 55.8 Å². The fourth-order valence-electron chi connectivity index (χ4n) is 6.55. The standard InChI is InChI=1S/C18H18O4/c1-21-11-3-2-9-6-16-7-12(16)18(20)5-4-10(19)15-17(18,8-16)13(9)14(11)22-15/h2-3,12,15,20H,4-8H2,1H3/t12-,15?,16?,17?,18-/m1/s1. The maximum Gasteiger partial charge on any atom is 0.174 e. The third kappa shape index (κ3) is 0.913. The van der Waals surface area contributed by atoms with Crippen LogP contribution >= 0.6 is 0 Å². The highest BCUT2D eigenvalue weighted by atomic mass is 16.5. The van der Waals surface area contributed by atoms with Crippen molar-refractivity contribution < 1.29 is 19.4 Å². The van der Waals surface area contributed by atoms with Gasteiger partial charge in [0.2, 0.25) is 0 Å². The summed E-state index contributed by atoms with van der Waals surface area (Å²) < 4.78 is 11.6. The maximum absolute atomic E-state index is 12.6. The largest absolute Gasteiger partial charge is 0.493 e. The minimum absolute atomic E-state index is 0.146. The van der Waals surface area contributed by atoms with Crippen LogP contribution in [-0.4, -0.2) is 29.7 Å². The first-order chi connectivity index (χ1) is 10.6. The number of methoxy groups -OCH3 is 1. The van der Waals surface area contributed by atoms with Crippen molar-refractivity contribution in [1.82, 2.24) is 0 Å². The Hall–Kier alpha value is -1.55. The summed E-state index contributed by atoms with van der Waals surface area (Å²) in [7, 11) is 1.63. The summed E-state index contributed by atoms with van der Waals surface area (Å²) in [6, 6.07) is 4.07. The molecule has 4 aliphatic carbocycles. The number of hydrogen-bond acceptors (Lipinski definition) is 4. The van der Waals surface area contributed by atoms with Crippen molar-refractivity contribution in [2.75, 3.05) is 7.11 Å². The molecule has 6 rings (SSSR count). The second-order valence-electron chi connectivity index (χ2n) is 7.96. The van der Waals surface area contributed by atoms with E-state index in [9.17, 15) is 9.90 Å². The van der Waals surface area contributed by atoms with Crippen molar-refractivity contribution in [3.05, 3.63) is 23.3 Å². The quantitative estimate of drug-likeness (QED) is 0.858. The van der Waals surface area contributed by atoms with Gasteiger partial charge in [-0.3, -0.25) is 4.79 Å². The molecular weight excluding hydrogens is 280 g/mol. The third-order valence-corrected chi connectivity index (χ3v) is 7.31. The smallest absolute Gasteiger partial charge is 0.174 e. The van der Waals surface area contributed by atoms with Gasteiger partial charge in [-0.15, -0.1) is 0 Å². The van der Waals surface area contributed by atoms with E-state index in [1.165, 1.54) is 5.56 Å².